The zero-order chi connectivity index (χ0) is 24.2. The van der Waals surface area contributed by atoms with Crippen LogP contribution in [0.3, 0.4) is 0 Å². The molecule has 2 heterocycles. The van der Waals surface area contributed by atoms with Crippen molar-refractivity contribution in [3.63, 3.8) is 0 Å². The number of carbonyl (C=O) groups is 1. The highest BCUT2D eigenvalue weighted by atomic mass is 19.1. The molecular weight excluding hydrogens is 447 g/mol. The topological polar surface area (TPSA) is 108 Å². The lowest BCUT2D eigenvalue weighted by atomic mass is 10.0. The highest BCUT2D eigenvalue weighted by molar-refractivity contribution is 6.04. The Morgan fingerprint density at radius 3 is 2.60 bits per heavy atom. The number of amides is 2. The van der Waals surface area contributed by atoms with Crippen molar-refractivity contribution in [1.29, 1.82) is 0 Å². The minimum atomic E-state index is -0.458. The van der Waals surface area contributed by atoms with E-state index in [4.69, 9.17) is 10.5 Å². The molecule has 1 saturated heterocycles. The molecule has 1 aliphatic heterocycles. The van der Waals surface area contributed by atoms with Gasteiger partial charge in [0.15, 0.2) is 5.82 Å². The molecule has 5 rings (SSSR count). The molecule has 5 N–H and O–H groups in total. The fourth-order valence-corrected chi connectivity index (χ4v) is 4.38. The third-order valence-corrected chi connectivity index (χ3v) is 6.11. The third kappa shape index (κ3) is 5.20. The van der Waals surface area contributed by atoms with Gasteiger partial charge in [0, 0.05) is 17.9 Å². The van der Waals surface area contributed by atoms with Crippen molar-refractivity contribution in [3.8, 4) is 16.9 Å². The molecule has 0 aliphatic carbocycles. The van der Waals surface area contributed by atoms with Crippen LogP contribution in [0.25, 0.3) is 22.0 Å². The number of urea groups is 1. The van der Waals surface area contributed by atoms with Gasteiger partial charge in [-0.05, 0) is 79.5 Å². The van der Waals surface area contributed by atoms with Crippen molar-refractivity contribution < 1.29 is 13.9 Å². The number of carbonyl (C=O) groups excluding carboxylic acids is 1. The van der Waals surface area contributed by atoms with Crippen LogP contribution in [0.15, 0.2) is 60.7 Å². The smallest absolute Gasteiger partial charge is 0.323 e. The number of anilines is 3. The highest BCUT2D eigenvalue weighted by Crippen LogP contribution is 2.36. The molecule has 1 aliphatic rings. The van der Waals surface area contributed by atoms with Gasteiger partial charge in [-0.15, -0.1) is 0 Å². The summed E-state index contributed by atoms with van der Waals surface area (Å²) in [5, 5.41) is 13.4. The first-order chi connectivity index (χ1) is 17.1. The van der Waals surface area contributed by atoms with Crippen LogP contribution in [0.1, 0.15) is 12.8 Å². The minimum absolute atomic E-state index is 0.375. The summed E-state index contributed by atoms with van der Waals surface area (Å²) in [6, 6.07) is 16.5. The zero-order valence-electron chi connectivity index (χ0n) is 19.2. The van der Waals surface area contributed by atoms with Gasteiger partial charge < -0.3 is 21.1 Å². The molecule has 0 radical (unpaired) electrons. The number of nitrogens with zero attached hydrogens (tertiary/aromatic N) is 2. The molecule has 3 aromatic carbocycles. The van der Waals surface area contributed by atoms with E-state index in [2.05, 4.69) is 25.7 Å². The number of likely N-dealkylation sites (tertiary alicyclic amines) is 1. The van der Waals surface area contributed by atoms with E-state index in [0.29, 0.717) is 23.8 Å². The molecule has 4 aromatic rings. The van der Waals surface area contributed by atoms with Gasteiger partial charge in [-0.1, -0.05) is 18.2 Å². The molecule has 9 heteroatoms. The molecule has 0 unspecified atom stereocenters. The Balaban J connectivity index is 1.29. The first-order valence-corrected chi connectivity index (χ1v) is 11.6. The number of fused-ring (bicyclic) bond motifs is 1. The molecular formula is C26H27FN6O2. The SMILES string of the molecule is Nc1n[nH]c2c(OCCN3CCCC3)ccc(-c3ccc(NC(=O)Nc4cccc(F)c4)cc3)c12. The number of hydrogen-bond acceptors (Lipinski definition) is 5. The van der Waals surface area contributed by atoms with E-state index in [9.17, 15) is 9.18 Å². The standard InChI is InChI=1S/C26H27FN6O2/c27-18-4-3-5-20(16-18)30-26(34)29-19-8-6-17(7-9-19)21-10-11-22(24-23(21)25(28)32-31-24)35-15-14-33-12-1-2-13-33/h3-11,16H,1-2,12-15H2,(H3,28,31,32)(H2,29,30,34). The first kappa shape index (κ1) is 22.7. The number of ether oxygens (including phenoxy) is 1. The number of nitrogens with one attached hydrogen (secondary N) is 3. The van der Waals surface area contributed by atoms with Crippen LogP contribution < -0.4 is 21.1 Å². The van der Waals surface area contributed by atoms with Crippen LogP contribution in [-0.4, -0.2) is 47.4 Å². The summed E-state index contributed by atoms with van der Waals surface area (Å²) in [5.41, 5.74) is 9.76. The Labute approximate surface area is 202 Å². The summed E-state index contributed by atoms with van der Waals surface area (Å²) in [5.74, 6) is 0.705. The lowest BCUT2D eigenvalue weighted by molar-refractivity contribution is 0.239. The quantitative estimate of drug-likeness (QED) is 0.299. The lowest BCUT2D eigenvalue weighted by Gasteiger charge is -2.15. The second-order valence-corrected chi connectivity index (χ2v) is 8.53. The maximum Gasteiger partial charge on any atom is 0.323 e. The van der Waals surface area contributed by atoms with E-state index in [1.54, 1.807) is 18.2 Å². The highest BCUT2D eigenvalue weighted by Gasteiger charge is 2.16. The van der Waals surface area contributed by atoms with Gasteiger partial charge in [0.25, 0.3) is 0 Å². The van der Waals surface area contributed by atoms with Crippen molar-refractivity contribution >= 4 is 34.1 Å². The summed E-state index contributed by atoms with van der Waals surface area (Å²) in [6.07, 6.45) is 2.50. The lowest BCUT2D eigenvalue weighted by Crippen LogP contribution is -2.25. The van der Waals surface area contributed by atoms with E-state index < -0.39 is 11.8 Å². The Hall–Kier alpha value is -4.11. The number of hydrogen-bond donors (Lipinski definition) is 4. The van der Waals surface area contributed by atoms with Crippen molar-refractivity contribution in [2.24, 2.45) is 0 Å². The number of H-pyrrole nitrogens is 1. The van der Waals surface area contributed by atoms with Crippen molar-refractivity contribution in [1.82, 2.24) is 15.1 Å². The summed E-state index contributed by atoms with van der Waals surface area (Å²) in [6.45, 7) is 3.76. The van der Waals surface area contributed by atoms with Crippen LogP contribution in [0.5, 0.6) is 5.75 Å². The molecule has 8 nitrogen and oxygen atoms in total. The van der Waals surface area contributed by atoms with Gasteiger partial charge in [-0.2, -0.15) is 5.10 Å². The van der Waals surface area contributed by atoms with Gasteiger partial charge in [-0.25, -0.2) is 9.18 Å². The number of aromatic amines is 1. The Bertz CT molecular complexity index is 1330. The second kappa shape index (κ2) is 10.0. The van der Waals surface area contributed by atoms with Crippen LogP contribution in [0, 0.1) is 5.82 Å². The number of benzene rings is 3. The molecule has 1 fully saturated rings. The van der Waals surface area contributed by atoms with Gasteiger partial charge >= 0.3 is 6.03 Å². The predicted molar refractivity (Wildman–Crippen MR) is 136 cm³/mol. The Morgan fingerprint density at radius 1 is 1.06 bits per heavy atom. The van der Waals surface area contributed by atoms with Gasteiger partial charge in [0.1, 0.15) is 23.7 Å². The summed E-state index contributed by atoms with van der Waals surface area (Å²) >= 11 is 0. The van der Waals surface area contributed by atoms with Gasteiger partial charge in [0.2, 0.25) is 0 Å². The van der Waals surface area contributed by atoms with E-state index in [1.807, 2.05) is 24.3 Å². The van der Waals surface area contributed by atoms with E-state index in [0.717, 1.165) is 47.4 Å². The first-order valence-electron chi connectivity index (χ1n) is 11.6. The summed E-state index contributed by atoms with van der Waals surface area (Å²) < 4.78 is 19.4. The molecule has 1 aromatic heterocycles. The van der Waals surface area contributed by atoms with E-state index in [-0.39, 0.29) is 0 Å². The zero-order valence-corrected chi connectivity index (χ0v) is 19.2. The third-order valence-electron chi connectivity index (χ3n) is 6.11. The maximum atomic E-state index is 13.3. The molecule has 180 valence electrons. The normalized spacial score (nSPS) is 13.7. The summed E-state index contributed by atoms with van der Waals surface area (Å²) in [4.78, 5) is 14.7. The molecule has 2 amide bonds. The number of nitrogens with two attached hydrogens (primary N) is 1. The molecule has 35 heavy (non-hydrogen) atoms. The van der Waals surface area contributed by atoms with Gasteiger partial charge in [-0.3, -0.25) is 10.00 Å². The molecule has 0 atom stereocenters. The number of nitrogen functional groups attached to an aromatic ring is 1. The fourth-order valence-electron chi connectivity index (χ4n) is 4.38. The van der Waals surface area contributed by atoms with Crippen molar-refractivity contribution in [2.75, 3.05) is 42.6 Å². The number of aromatic nitrogens is 2. The average Bonchev–Trinajstić information content (AvgIpc) is 3.50. The molecule has 0 spiro atoms. The van der Waals surface area contributed by atoms with Crippen LogP contribution in [0.2, 0.25) is 0 Å². The Morgan fingerprint density at radius 2 is 1.83 bits per heavy atom. The Kier molecular flexibility index (Phi) is 6.49. The number of halogens is 1. The largest absolute Gasteiger partial charge is 0.490 e. The fraction of sp³-hybridized carbons (Fsp3) is 0.231. The minimum Gasteiger partial charge on any atom is -0.490 e. The number of rotatable bonds is 7. The maximum absolute atomic E-state index is 13.3. The van der Waals surface area contributed by atoms with Crippen molar-refractivity contribution in [2.45, 2.75) is 12.8 Å². The average molecular weight is 475 g/mol. The molecule has 0 saturated carbocycles. The van der Waals surface area contributed by atoms with Gasteiger partial charge in [0.05, 0.1) is 5.39 Å². The second-order valence-electron chi connectivity index (χ2n) is 8.53. The van der Waals surface area contributed by atoms with Crippen LogP contribution in [0.4, 0.5) is 26.4 Å². The molecule has 0 bridgehead atoms. The summed E-state index contributed by atoms with van der Waals surface area (Å²) in [7, 11) is 0. The van der Waals surface area contributed by atoms with E-state index in [1.165, 1.54) is 31.0 Å². The van der Waals surface area contributed by atoms with Crippen molar-refractivity contribution in [3.05, 3.63) is 66.5 Å². The van der Waals surface area contributed by atoms with E-state index >= 15 is 0 Å². The van der Waals surface area contributed by atoms with Crippen LogP contribution >= 0.6 is 0 Å². The van der Waals surface area contributed by atoms with Crippen LogP contribution in [-0.2, 0) is 0 Å². The monoisotopic (exact) mass is 474 g/mol. The predicted octanol–water partition coefficient (Wildman–Crippen LogP) is 5.07.